The molecular weight excluding hydrogens is 274 g/mol. The molecule has 1 aromatic rings. The van der Waals surface area contributed by atoms with Crippen molar-refractivity contribution < 1.29 is 4.52 Å². The van der Waals surface area contributed by atoms with Crippen molar-refractivity contribution >= 4 is 0 Å². The second-order valence-electron chi connectivity index (χ2n) is 7.51. The lowest BCUT2D eigenvalue weighted by Crippen LogP contribution is -2.47. The monoisotopic (exact) mass is 305 g/mol. The molecule has 1 saturated heterocycles. The third-order valence-corrected chi connectivity index (χ3v) is 5.68. The van der Waals surface area contributed by atoms with Crippen molar-refractivity contribution in [3.8, 4) is 0 Å². The van der Waals surface area contributed by atoms with Gasteiger partial charge in [0.15, 0.2) is 0 Å². The number of aromatic nitrogens is 1. The van der Waals surface area contributed by atoms with Crippen LogP contribution in [0.4, 0.5) is 0 Å². The first kappa shape index (κ1) is 16.0. The molecule has 1 aromatic heterocycles. The summed E-state index contributed by atoms with van der Waals surface area (Å²) in [6, 6.07) is 0. The minimum Gasteiger partial charge on any atom is -0.361 e. The first-order valence-electron chi connectivity index (χ1n) is 8.98. The van der Waals surface area contributed by atoms with E-state index in [2.05, 4.69) is 21.9 Å². The number of hydrogen-bond acceptors (Lipinski definition) is 4. The van der Waals surface area contributed by atoms with E-state index in [1.165, 1.54) is 64.0 Å². The molecule has 2 heterocycles. The van der Waals surface area contributed by atoms with Crippen LogP contribution < -0.4 is 0 Å². The van der Waals surface area contributed by atoms with Crippen LogP contribution in [0.15, 0.2) is 4.52 Å². The van der Waals surface area contributed by atoms with Gasteiger partial charge in [0.05, 0.1) is 5.69 Å². The van der Waals surface area contributed by atoms with E-state index >= 15 is 0 Å². The average Bonchev–Trinajstić information content (AvgIpc) is 2.83. The molecular formula is C18H31N3O. The van der Waals surface area contributed by atoms with E-state index in [9.17, 15) is 0 Å². The van der Waals surface area contributed by atoms with Crippen LogP contribution in [0.3, 0.4) is 0 Å². The SMILES string of the molecule is Cc1noc(C)c1CN1CCN(CC2CCC(C)CC2)CC1. The fraction of sp³-hybridized carbons (Fsp3) is 0.833. The summed E-state index contributed by atoms with van der Waals surface area (Å²) in [7, 11) is 0. The van der Waals surface area contributed by atoms with Gasteiger partial charge in [-0.2, -0.15) is 0 Å². The van der Waals surface area contributed by atoms with Crippen LogP contribution >= 0.6 is 0 Å². The van der Waals surface area contributed by atoms with Gasteiger partial charge < -0.3 is 9.42 Å². The van der Waals surface area contributed by atoms with Gasteiger partial charge in [-0.3, -0.25) is 4.90 Å². The van der Waals surface area contributed by atoms with Crippen LogP contribution in [-0.2, 0) is 6.54 Å². The van der Waals surface area contributed by atoms with E-state index in [1.54, 1.807) is 0 Å². The molecule has 1 aliphatic heterocycles. The summed E-state index contributed by atoms with van der Waals surface area (Å²) in [4.78, 5) is 5.23. The first-order chi connectivity index (χ1) is 10.6. The Morgan fingerprint density at radius 3 is 2.23 bits per heavy atom. The normalized spacial score (nSPS) is 28.1. The number of hydrogen-bond donors (Lipinski definition) is 0. The van der Waals surface area contributed by atoms with Crippen LogP contribution in [0.1, 0.15) is 49.6 Å². The summed E-state index contributed by atoms with van der Waals surface area (Å²) in [5.41, 5.74) is 2.34. The molecule has 4 nitrogen and oxygen atoms in total. The Morgan fingerprint density at radius 1 is 1.00 bits per heavy atom. The van der Waals surface area contributed by atoms with Gasteiger partial charge in [-0.15, -0.1) is 0 Å². The summed E-state index contributed by atoms with van der Waals surface area (Å²) in [6.07, 6.45) is 5.77. The molecule has 124 valence electrons. The summed E-state index contributed by atoms with van der Waals surface area (Å²) < 4.78 is 5.28. The lowest BCUT2D eigenvalue weighted by molar-refractivity contribution is 0.101. The second-order valence-corrected chi connectivity index (χ2v) is 7.51. The Bertz CT molecular complexity index is 449. The average molecular weight is 305 g/mol. The fourth-order valence-electron chi connectivity index (χ4n) is 3.96. The molecule has 0 bridgehead atoms. The van der Waals surface area contributed by atoms with Crippen LogP contribution in [-0.4, -0.2) is 47.7 Å². The lowest BCUT2D eigenvalue weighted by atomic mass is 9.83. The molecule has 2 fully saturated rings. The van der Waals surface area contributed by atoms with Gasteiger partial charge >= 0.3 is 0 Å². The standard InChI is InChI=1S/C18H31N3O/c1-14-4-6-17(7-5-14)12-20-8-10-21(11-9-20)13-18-15(2)19-22-16(18)3/h14,17H,4-13H2,1-3H3. The zero-order valence-corrected chi connectivity index (χ0v) is 14.5. The molecule has 1 saturated carbocycles. The molecule has 3 rings (SSSR count). The Labute approximate surface area is 134 Å². The highest BCUT2D eigenvalue weighted by atomic mass is 16.5. The van der Waals surface area contributed by atoms with Gasteiger partial charge in [0.25, 0.3) is 0 Å². The van der Waals surface area contributed by atoms with Gasteiger partial charge in [-0.1, -0.05) is 24.9 Å². The summed E-state index contributed by atoms with van der Waals surface area (Å²) >= 11 is 0. The number of rotatable bonds is 4. The van der Waals surface area contributed by atoms with Crippen molar-refractivity contribution in [2.75, 3.05) is 32.7 Å². The van der Waals surface area contributed by atoms with E-state index in [0.29, 0.717) is 0 Å². The molecule has 22 heavy (non-hydrogen) atoms. The van der Waals surface area contributed by atoms with Gasteiger partial charge in [0, 0.05) is 44.8 Å². The number of piperazine rings is 1. The summed E-state index contributed by atoms with van der Waals surface area (Å²) in [6.45, 7) is 13.6. The maximum absolute atomic E-state index is 5.28. The van der Waals surface area contributed by atoms with E-state index in [1.807, 2.05) is 13.8 Å². The smallest absolute Gasteiger partial charge is 0.138 e. The van der Waals surface area contributed by atoms with Gasteiger partial charge in [-0.25, -0.2) is 0 Å². The highest BCUT2D eigenvalue weighted by molar-refractivity contribution is 5.20. The van der Waals surface area contributed by atoms with Gasteiger partial charge in [0.1, 0.15) is 5.76 Å². The highest BCUT2D eigenvalue weighted by Crippen LogP contribution is 2.29. The van der Waals surface area contributed by atoms with Crippen molar-refractivity contribution in [1.82, 2.24) is 15.0 Å². The van der Waals surface area contributed by atoms with Crippen molar-refractivity contribution in [1.29, 1.82) is 0 Å². The maximum atomic E-state index is 5.28. The Kier molecular flexibility index (Phi) is 5.19. The molecule has 0 spiro atoms. The molecule has 0 radical (unpaired) electrons. The molecule has 0 atom stereocenters. The van der Waals surface area contributed by atoms with Crippen LogP contribution in [0.5, 0.6) is 0 Å². The third kappa shape index (κ3) is 3.90. The third-order valence-electron chi connectivity index (χ3n) is 5.68. The van der Waals surface area contributed by atoms with Crippen molar-refractivity contribution in [2.45, 2.75) is 53.0 Å². The molecule has 1 aliphatic carbocycles. The van der Waals surface area contributed by atoms with E-state index in [4.69, 9.17) is 4.52 Å². The molecule has 0 aromatic carbocycles. The van der Waals surface area contributed by atoms with Crippen LogP contribution in [0, 0.1) is 25.7 Å². The van der Waals surface area contributed by atoms with Gasteiger partial charge in [0.2, 0.25) is 0 Å². The van der Waals surface area contributed by atoms with Crippen LogP contribution in [0.2, 0.25) is 0 Å². The van der Waals surface area contributed by atoms with Crippen molar-refractivity contribution in [3.63, 3.8) is 0 Å². The largest absolute Gasteiger partial charge is 0.361 e. The van der Waals surface area contributed by atoms with Crippen LogP contribution in [0.25, 0.3) is 0 Å². The molecule has 0 unspecified atom stereocenters. The predicted octanol–water partition coefficient (Wildman–Crippen LogP) is 3.24. The van der Waals surface area contributed by atoms with Crippen molar-refractivity contribution in [3.05, 3.63) is 17.0 Å². The lowest BCUT2D eigenvalue weighted by Gasteiger charge is -2.37. The Hall–Kier alpha value is -0.870. The first-order valence-corrected chi connectivity index (χ1v) is 8.98. The molecule has 0 amide bonds. The quantitative estimate of drug-likeness (QED) is 0.855. The second kappa shape index (κ2) is 7.14. The zero-order valence-electron chi connectivity index (χ0n) is 14.5. The molecule has 0 N–H and O–H groups in total. The fourth-order valence-corrected chi connectivity index (χ4v) is 3.96. The summed E-state index contributed by atoms with van der Waals surface area (Å²) in [5.74, 6) is 2.89. The molecule has 4 heteroatoms. The van der Waals surface area contributed by atoms with Crippen molar-refractivity contribution in [2.24, 2.45) is 11.8 Å². The highest BCUT2D eigenvalue weighted by Gasteiger charge is 2.24. The summed E-state index contributed by atoms with van der Waals surface area (Å²) in [5, 5.41) is 4.07. The van der Waals surface area contributed by atoms with Gasteiger partial charge in [-0.05, 0) is 38.5 Å². The molecule has 2 aliphatic rings. The van der Waals surface area contributed by atoms with E-state index < -0.39 is 0 Å². The number of nitrogens with zero attached hydrogens (tertiary/aromatic N) is 3. The minimum atomic E-state index is 0.949. The van der Waals surface area contributed by atoms with E-state index in [0.717, 1.165) is 29.8 Å². The predicted molar refractivity (Wildman–Crippen MR) is 88.8 cm³/mol. The van der Waals surface area contributed by atoms with E-state index in [-0.39, 0.29) is 0 Å². The Morgan fingerprint density at radius 2 is 1.64 bits per heavy atom. The Balaban J connectivity index is 1.43. The minimum absolute atomic E-state index is 0.949. The number of aryl methyl sites for hydroxylation is 2. The maximum Gasteiger partial charge on any atom is 0.138 e. The zero-order chi connectivity index (χ0) is 15.5. The topological polar surface area (TPSA) is 32.5 Å².